The third-order valence-corrected chi connectivity index (χ3v) is 4.72. The zero-order valence-electron chi connectivity index (χ0n) is 15.1. The first-order valence-corrected chi connectivity index (χ1v) is 8.91. The number of alkyl halides is 3. The van der Waals surface area contributed by atoms with Crippen LogP contribution in [0.2, 0.25) is 0 Å². The van der Waals surface area contributed by atoms with Crippen molar-refractivity contribution in [2.45, 2.75) is 6.18 Å². The van der Waals surface area contributed by atoms with Gasteiger partial charge in [-0.3, -0.25) is 4.79 Å². The summed E-state index contributed by atoms with van der Waals surface area (Å²) < 4.78 is 38.6. The van der Waals surface area contributed by atoms with Gasteiger partial charge >= 0.3 is 6.18 Å². The van der Waals surface area contributed by atoms with Crippen LogP contribution in [0.4, 0.5) is 24.5 Å². The molecule has 1 fully saturated rings. The fraction of sp³-hybridized carbons (Fsp3) is 0.300. The van der Waals surface area contributed by atoms with Crippen molar-refractivity contribution >= 4 is 17.3 Å². The molecule has 8 heteroatoms. The Balaban J connectivity index is 1.51. The largest absolute Gasteiger partial charge is 0.416 e. The molecule has 28 heavy (non-hydrogen) atoms. The minimum Gasteiger partial charge on any atom is -0.360 e. The Morgan fingerprint density at radius 1 is 1.14 bits per heavy atom. The van der Waals surface area contributed by atoms with Crippen molar-refractivity contribution in [3.63, 3.8) is 0 Å². The summed E-state index contributed by atoms with van der Waals surface area (Å²) in [5.41, 5.74) is 1.05. The normalized spacial score (nSPS) is 15.1. The summed E-state index contributed by atoms with van der Waals surface area (Å²) in [4.78, 5) is 15.2. The van der Waals surface area contributed by atoms with Gasteiger partial charge in [-0.25, -0.2) is 0 Å². The van der Waals surface area contributed by atoms with Crippen LogP contribution in [-0.2, 0) is 11.0 Å². The SMILES string of the molecule is N#Cc1ccc(NC(=O)C[NH+]2CCN(c3cccc(C(F)(F)F)c3)CC2)cc1. The molecule has 0 bridgehead atoms. The van der Waals surface area contributed by atoms with E-state index in [4.69, 9.17) is 5.26 Å². The molecule has 0 unspecified atom stereocenters. The summed E-state index contributed by atoms with van der Waals surface area (Å²) in [6.07, 6.45) is -4.35. The highest BCUT2D eigenvalue weighted by Crippen LogP contribution is 2.31. The number of hydrogen-bond donors (Lipinski definition) is 2. The molecule has 0 aliphatic carbocycles. The lowest BCUT2D eigenvalue weighted by Crippen LogP contribution is -3.15. The van der Waals surface area contributed by atoms with Crippen molar-refractivity contribution in [3.05, 3.63) is 59.7 Å². The first-order valence-electron chi connectivity index (χ1n) is 8.91. The number of piperazine rings is 1. The van der Waals surface area contributed by atoms with Crippen LogP contribution in [0.15, 0.2) is 48.5 Å². The highest BCUT2D eigenvalue weighted by Gasteiger charge is 2.31. The summed E-state index contributed by atoms with van der Waals surface area (Å²) in [5, 5.41) is 11.6. The van der Waals surface area contributed by atoms with Gasteiger partial charge in [0, 0.05) is 11.4 Å². The Labute approximate surface area is 161 Å². The molecule has 2 aromatic rings. The number of rotatable bonds is 4. The topological polar surface area (TPSA) is 60.6 Å². The zero-order valence-corrected chi connectivity index (χ0v) is 15.1. The number of nitrogens with zero attached hydrogens (tertiary/aromatic N) is 2. The van der Waals surface area contributed by atoms with E-state index in [2.05, 4.69) is 5.32 Å². The molecule has 5 nitrogen and oxygen atoms in total. The molecule has 0 spiro atoms. The number of quaternary nitrogens is 1. The van der Waals surface area contributed by atoms with Crippen molar-refractivity contribution in [2.75, 3.05) is 42.9 Å². The minimum absolute atomic E-state index is 0.132. The van der Waals surface area contributed by atoms with E-state index in [9.17, 15) is 18.0 Å². The van der Waals surface area contributed by atoms with E-state index in [1.165, 1.54) is 12.1 Å². The van der Waals surface area contributed by atoms with Gasteiger partial charge in [-0.05, 0) is 42.5 Å². The van der Waals surface area contributed by atoms with E-state index >= 15 is 0 Å². The van der Waals surface area contributed by atoms with Crippen molar-refractivity contribution in [2.24, 2.45) is 0 Å². The number of benzene rings is 2. The molecule has 1 saturated heterocycles. The Kier molecular flexibility index (Phi) is 5.85. The Morgan fingerprint density at radius 3 is 2.43 bits per heavy atom. The fourth-order valence-electron chi connectivity index (χ4n) is 3.20. The summed E-state index contributed by atoms with van der Waals surface area (Å²) in [6, 6.07) is 14.0. The molecular formula is C20H20F3N4O+. The second-order valence-corrected chi connectivity index (χ2v) is 6.70. The maximum Gasteiger partial charge on any atom is 0.416 e. The number of carbonyl (C=O) groups excluding carboxylic acids is 1. The number of amides is 1. The first-order chi connectivity index (χ1) is 13.3. The summed E-state index contributed by atoms with van der Waals surface area (Å²) in [6.45, 7) is 2.78. The number of halogens is 3. The summed E-state index contributed by atoms with van der Waals surface area (Å²) in [7, 11) is 0. The molecule has 0 atom stereocenters. The van der Waals surface area contributed by atoms with Crippen LogP contribution >= 0.6 is 0 Å². The predicted octanol–water partition coefficient (Wildman–Crippen LogP) is 1.92. The van der Waals surface area contributed by atoms with Gasteiger partial charge in [-0.15, -0.1) is 0 Å². The smallest absolute Gasteiger partial charge is 0.360 e. The third-order valence-electron chi connectivity index (χ3n) is 4.72. The monoisotopic (exact) mass is 389 g/mol. The van der Waals surface area contributed by atoms with Crippen molar-refractivity contribution in [1.82, 2.24) is 0 Å². The van der Waals surface area contributed by atoms with E-state index in [1.807, 2.05) is 11.0 Å². The predicted molar refractivity (Wildman–Crippen MR) is 99.0 cm³/mol. The van der Waals surface area contributed by atoms with Crippen molar-refractivity contribution in [3.8, 4) is 6.07 Å². The molecule has 1 aliphatic rings. The highest BCUT2D eigenvalue weighted by molar-refractivity contribution is 5.91. The van der Waals surface area contributed by atoms with Gasteiger partial charge in [0.25, 0.3) is 5.91 Å². The molecule has 2 N–H and O–H groups in total. The second kappa shape index (κ2) is 8.31. The molecule has 2 aromatic carbocycles. The quantitative estimate of drug-likeness (QED) is 0.840. The lowest BCUT2D eigenvalue weighted by molar-refractivity contribution is -0.892. The van der Waals surface area contributed by atoms with Crippen LogP contribution in [-0.4, -0.2) is 38.6 Å². The first kappa shape index (κ1) is 19.7. The number of nitrogens with one attached hydrogen (secondary N) is 2. The molecule has 1 heterocycles. The van der Waals surface area contributed by atoms with E-state index in [-0.39, 0.29) is 12.5 Å². The van der Waals surface area contributed by atoms with Crippen LogP contribution in [0.25, 0.3) is 0 Å². The molecule has 3 rings (SSSR count). The van der Waals surface area contributed by atoms with Gasteiger partial charge in [-0.1, -0.05) is 6.07 Å². The maximum atomic E-state index is 12.9. The lowest BCUT2D eigenvalue weighted by atomic mass is 10.1. The van der Waals surface area contributed by atoms with Crippen LogP contribution in [0.1, 0.15) is 11.1 Å². The highest BCUT2D eigenvalue weighted by atomic mass is 19.4. The van der Waals surface area contributed by atoms with Crippen LogP contribution in [0.5, 0.6) is 0 Å². The third kappa shape index (κ3) is 5.02. The van der Waals surface area contributed by atoms with Gasteiger partial charge in [0.1, 0.15) is 0 Å². The molecule has 0 saturated carbocycles. The molecule has 1 amide bonds. The second-order valence-electron chi connectivity index (χ2n) is 6.70. The lowest BCUT2D eigenvalue weighted by Gasteiger charge is -2.33. The summed E-state index contributed by atoms with van der Waals surface area (Å²) in [5.74, 6) is -0.132. The summed E-state index contributed by atoms with van der Waals surface area (Å²) >= 11 is 0. The van der Waals surface area contributed by atoms with E-state index in [0.717, 1.165) is 11.0 Å². The number of carbonyl (C=O) groups is 1. The average Bonchev–Trinajstić information content (AvgIpc) is 2.68. The molecule has 0 aromatic heterocycles. The standard InChI is InChI=1S/C20H19F3N4O/c21-20(22,23)16-2-1-3-18(12-16)27-10-8-26(9-11-27)14-19(28)25-17-6-4-15(13-24)5-7-17/h1-7,12H,8-11,14H2,(H,25,28)/p+1. The minimum atomic E-state index is -4.35. The van der Waals surface area contributed by atoms with Gasteiger partial charge in [0.15, 0.2) is 6.54 Å². The average molecular weight is 389 g/mol. The van der Waals surface area contributed by atoms with Crippen LogP contribution < -0.4 is 15.1 Å². The molecule has 1 aliphatic heterocycles. The molecule has 146 valence electrons. The van der Waals surface area contributed by atoms with Crippen molar-refractivity contribution in [1.29, 1.82) is 5.26 Å². The molecule has 0 radical (unpaired) electrons. The Morgan fingerprint density at radius 2 is 1.82 bits per heavy atom. The Hall–Kier alpha value is -3.05. The van der Waals surface area contributed by atoms with Gasteiger partial charge < -0.3 is 15.1 Å². The fourth-order valence-corrected chi connectivity index (χ4v) is 3.20. The number of nitriles is 1. The maximum absolute atomic E-state index is 12.9. The van der Waals surface area contributed by atoms with E-state index in [0.29, 0.717) is 43.1 Å². The number of anilines is 2. The van der Waals surface area contributed by atoms with Gasteiger partial charge in [-0.2, -0.15) is 18.4 Å². The van der Waals surface area contributed by atoms with E-state index < -0.39 is 11.7 Å². The van der Waals surface area contributed by atoms with Gasteiger partial charge in [0.2, 0.25) is 0 Å². The number of hydrogen-bond acceptors (Lipinski definition) is 3. The molecular weight excluding hydrogens is 369 g/mol. The Bertz CT molecular complexity index is 866. The van der Waals surface area contributed by atoms with E-state index in [1.54, 1.807) is 30.3 Å². The van der Waals surface area contributed by atoms with Crippen LogP contribution in [0.3, 0.4) is 0 Å². The van der Waals surface area contributed by atoms with Gasteiger partial charge in [0.05, 0.1) is 43.4 Å². The zero-order chi connectivity index (χ0) is 20.1. The van der Waals surface area contributed by atoms with Crippen LogP contribution in [0, 0.1) is 11.3 Å². The van der Waals surface area contributed by atoms with Crippen molar-refractivity contribution < 1.29 is 22.9 Å².